The van der Waals surface area contributed by atoms with E-state index in [1.165, 1.54) is 18.2 Å². The Kier molecular flexibility index (Phi) is 3.68. The normalized spacial score (nSPS) is 21.2. The molecular weight excluding hydrogens is 386 g/mol. The van der Waals surface area contributed by atoms with Gasteiger partial charge in [0.25, 0.3) is 17.4 Å². The van der Waals surface area contributed by atoms with Crippen molar-refractivity contribution in [2.45, 2.75) is 12.1 Å². The first-order valence-corrected chi connectivity index (χ1v) is 8.19. The number of carbonyl (C=O) groups excluding carboxylic acids is 3. The summed E-state index contributed by atoms with van der Waals surface area (Å²) in [7, 11) is 0. The van der Waals surface area contributed by atoms with Crippen LogP contribution in [0.4, 0.5) is 14.9 Å². The number of benzene rings is 2. The Morgan fingerprint density at radius 3 is 2.54 bits per heavy atom. The van der Waals surface area contributed by atoms with Crippen molar-refractivity contribution in [3.05, 3.63) is 63.4 Å². The topological polar surface area (TPSA) is 75.7 Å². The molecule has 2 aliphatic heterocycles. The van der Waals surface area contributed by atoms with Gasteiger partial charge in [-0.2, -0.15) is 0 Å². The van der Waals surface area contributed by atoms with Crippen LogP contribution in [0.25, 0.3) is 0 Å². The van der Waals surface area contributed by atoms with E-state index in [2.05, 4.69) is 0 Å². The number of carbonyl (C=O) groups is 3. The van der Waals surface area contributed by atoms with Gasteiger partial charge < -0.3 is 9.64 Å². The van der Waals surface area contributed by atoms with Crippen LogP contribution in [0.1, 0.15) is 11.1 Å². The maximum atomic E-state index is 14.5. The van der Waals surface area contributed by atoms with Crippen molar-refractivity contribution in [2.75, 3.05) is 4.90 Å². The molecule has 0 saturated carbocycles. The highest BCUT2D eigenvalue weighted by Crippen LogP contribution is 2.46. The molecule has 0 aliphatic carbocycles. The summed E-state index contributed by atoms with van der Waals surface area (Å²) in [4.78, 5) is 37.9. The van der Waals surface area contributed by atoms with E-state index in [1.807, 2.05) is 5.32 Å². The summed E-state index contributed by atoms with van der Waals surface area (Å²) in [5.41, 5.74) is -1.80. The third kappa shape index (κ3) is 2.21. The Morgan fingerprint density at radius 1 is 1.12 bits per heavy atom. The molecule has 1 fully saturated rings. The van der Waals surface area contributed by atoms with Crippen LogP contribution >= 0.6 is 23.2 Å². The molecule has 1 N–H and O–H groups in total. The number of alkyl carbamates (subject to hydrolysis) is 1. The first-order chi connectivity index (χ1) is 12.3. The molecule has 1 atom stereocenters. The first-order valence-electron chi connectivity index (χ1n) is 7.44. The predicted octanol–water partition coefficient (Wildman–Crippen LogP) is 3.14. The molecule has 4 rings (SSSR count). The minimum absolute atomic E-state index is 0.0223. The molecule has 132 valence electrons. The maximum absolute atomic E-state index is 14.5. The van der Waals surface area contributed by atoms with E-state index in [4.69, 9.17) is 27.9 Å². The number of nitrogens with zero attached hydrogens (tertiary/aromatic N) is 1. The van der Waals surface area contributed by atoms with Crippen molar-refractivity contribution in [1.82, 2.24) is 5.32 Å². The monoisotopic (exact) mass is 394 g/mol. The summed E-state index contributed by atoms with van der Waals surface area (Å²) in [6, 6.07) is 8.56. The van der Waals surface area contributed by atoms with Gasteiger partial charge in [-0.15, -0.1) is 0 Å². The van der Waals surface area contributed by atoms with E-state index in [0.717, 1.165) is 11.0 Å². The Labute approximate surface area is 156 Å². The number of amides is 3. The van der Waals surface area contributed by atoms with Gasteiger partial charge in [0.1, 0.15) is 5.82 Å². The lowest BCUT2D eigenvalue weighted by molar-refractivity contribution is -0.145. The Hall–Kier alpha value is -2.64. The van der Waals surface area contributed by atoms with Crippen LogP contribution in [0, 0.1) is 5.82 Å². The number of hydrogen-bond donors (Lipinski definition) is 1. The van der Waals surface area contributed by atoms with Crippen LogP contribution < -0.4 is 10.2 Å². The third-order valence-electron chi connectivity index (χ3n) is 4.29. The fraction of sp³-hybridized carbons (Fsp3) is 0.118. The number of fused-ring (bicyclic) bond motifs is 2. The summed E-state index contributed by atoms with van der Waals surface area (Å²) in [5.74, 6) is -2.52. The molecule has 1 saturated heterocycles. The molecule has 2 heterocycles. The minimum atomic E-state index is -2.22. The SMILES string of the molecule is O=C1NC(=O)C2(O1)C(=O)N(Cc1ccc(Cl)c(Cl)c1)c1c(F)cccc12. The molecule has 2 aliphatic rings. The summed E-state index contributed by atoms with van der Waals surface area (Å²) >= 11 is 11.9. The van der Waals surface area contributed by atoms with Crippen molar-refractivity contribution in [1.29, 1.82) is 0 Å². The van der Waals surface area contributed by atoms with Crippen LogP contribution in [0.3, 0.4) is 0 Å². The Balaban J connectivity index is 1.84. The summed E-state index contributed by atoms with van der Waals surface area (Å²) in [6.07, 6.45) is -1.06. The standard InChI is InChI=1S/C17H9Cl2FN2O4/c18-10-5-4-8(6-11(10)19)7-22-13-9(2-1-3-12(13)20)17(15(22)24)14(23)21-16(25)26-17/h1-6H,7H2,(H,21,23,25). The second-order valence-electron chi connectivity index (χ2n) is 5.80. The van der Waals surface area contributed by atoms with E-state index in [9.17, 15) is 18.8 Å². The molecule has 0 bridgehead atoms. The molecule has 0 aromatic heterocycles. The molecule has 3 amide bonds. The predicted molar refractivity (Wildman–Crippen MR) is 90.4 cm³/mol. The van der Waals surface area contributed by atoms with E-state index in [-0.39, 0.29) is 22.8 Å². The van der Waals surface area contributed by atoms with E-state index < -0.39 is 29.3 Å². The van der Waals surface area contributed by atoms with E-state index in [0.29, 0.717) is 10.6 Å². The van der Waals surface area contributed by atoms with Crippen LogP contribution in [0.2, 0.25) is 10.0 Å². The lowest BCUT2D eigenvalue weighted by atomic mass is 9.95. The van der Waals surface area contributed by atoms with E-state index >= 15 is 0 Å². The molecule has 26 heavy (non-hydrogen) atoms. The molecule has 1 unspecified atom stereocenters. The van der Waals surface area contributed by atoms with Gasteiger partial charge in [-0.05, 0) is 23.8 Å². The third-order valence-corrected chi connectivity index (χ3v) is 5.03. The molecule has 1 spiro atoms. The lowest BCUT2D eigenvalue weighted by Gasteiger charge is -2.20. The number of nitrogens with one attached hydrogen (secondary N) is 1. The van der Waals surface area contributed by atoms with Gasteiger partial charge in [-0.3, -0.25) is 14.9 Å². The van der Waals surface area contributed by atoms with Gasteiger partial charge in [0.15, 0.2) is 0 Å². The molecule has 0 radical (unpaired) electrons. The highest BCUT2D eigenvalue weighted by atomic mass is 35.5. The van der Waals surface area contributed by atoms with Gasteiger partial charge in [-0.1, -0.05) is 41.4 Å². The number of halogens is 3. The number of rotatable bonds is 2. The van der Waals surface area contributed by atoms with Crippen molar-refractivity contribution in [3.63, 3.8) is 0 Å². The van der Waals surface area contributed by atoms with E-state index in [1.54, 1.807) is 12.1 Å². The van der Waals surface area contributed by atoms with Gasteiger partial charge in [0.2, 0.25) is 0 Å². The quantitative estimate of drug-likeness (QED) is 0.793. The van der Waals surface area contributed by atoms with Crippen LogP contribution in [0.5, 0.6) is 0 Å². The van der Waals surface area contributed by atoms with Crippen molar-refractivity contribution in [3.8, 4) is 0 Å². The van der Waals surface area contributed by atoms with Gasteiger partial charge in [0.05, 0.1) is 22.3 Å². The summed E-state index contributed by atoms with van der Waals surface area (Å²) in [6.45, 7) is -0.0871. The summed E-state index contributed by atoms with van der Waals surface area (Å²) < 4.78 is 19.5. The molecule has 2 aromatic rings. The smallest absolute Gasteiger partial charge is 0.415 e. The van der Waals surface area contributed by atoms with Crippen molar-refractivity contribution in [2.24, 2.45) is 0 Å². The maximum Gasteiger partial charge on any atom is 0.415 e. The largest absolute Gasteiger partial charge is 0.417 e. The second-order valence-corrected chi connectivity index (χ2v) is 6.61. The fourth-order valence-corrected chi connectivity index (χ4v) is 3.48. The van der Waals surface area contributed by atoms with Gasteiger partial charge >= 0.3 is 6.09 Å². The number of anilines is 1. The zero-order chi connectivity index (χ0) is 18.6. The number of hydrogen-bond acceptors (Lipinski definition) is 4. The minimum Gasteiger partial charge on any atom is -0.417 e. The summed E-state index contributed by atoms with van der Waals surface area (Å²) in [5, 5.41) is 2.53. The van der Waals surface area contributed by atoms with Gasteiger partial charge in [0, 0.05) is 5.56 Å². The fourth-order valence-electron chi connectivity index (χ4n) is 3.16. The second kappa shape index (κ2) is 5.69. The van der Waals surface area contributed by atoms with Gasteiger partial charge in [-0.25, -0.2) is 9.18 Å². The highest BCUT2D eigenvalue weighted by molar-refractivity contribution is 6.42. The van der Waals surface area contributed by atoms with Crippen molar-refractivity contribution < 1.29 is 23.5 Å². The zero-order valence-electron chi connectivity index (χ0n) is 12.9. The molecular formula is C17H9Cl2FN2O4. The first kappa shape index (κ1) is 16.8. The molecule has 2 aromatic carbocycles. The zero-order valence-corrected chi connectivity index (χ0v) is 14.4. The number of para-hydroxylation sites is 1. The molecule has 6 nitrogen and oxygen atoms in total. The highest BCUT2D eigenvalue weighted by Gasteiger charge is 2.64. The number of ether oxygens (including phenoxy) is 1. The van der Waals surface area contributed by atoms with Crippen LogP contribution in [-0.4, -0.2) is 17.9 Å². The Bertz CT molecular complexity index is 997. The van der Waals surface area contributed by atoms with Crippen molar-refractivity contribution >= 4 is 46.8 Å². The average molecular weight is 395 g/mol. The number of imide groups is 1. The van der Waals surface area contributed by atoms with Crippen LogP contribution in [0.15, 0.2) is 36.4 Å². The molecule has 9 heteroatoms. The average Bonchev–Trinajstić information content (AvgIpc) is 3.02. The van der Waals surface area contributed by atoms with Crippen LogP contribution in [-0.2, 0) is 26.5 Å². The lowest BCUT2D eigenvalue weighted by Crippen LogP contribution is -2.46. The Morgan fingerprint density at radius 2 is 1.88 bits per heavy atom.